The highest BCUT2D eigenvalue weighted by Gasteiger charge is 2.18. The van der Waals surface area contributed by atoms with Gasteiger partial charge in [0.1, 0.15) is 5.75 Å². The summed E-state index contributed by atoms with van der Waals surface area (Å²) in [6.07, 6.45) is 2.32. The zero-order valence-corrected chi connectivity index (χ0v) is 12.3. The molecule has 0 radical (unpaired) electrons. The van der Waals surface area contributed by atoms with E-state index in [4.69, 9.17) is 10.00 Å². The van der Waals surface area contributed by atoms with Crippen LogP contribution in [0.3, 0.4) is 0 Å². The molecule has 0 spiro atoms. The topological polar surface area (TPSA) is 50.8 Å². The molecule has 0 bridgehead atoms. The summed E-state index contributed by atoms with van der Waals surface area (Å²) in [4.78, 5) is 0. The van der Waals surface area contributed by atoms with Crippen LogP contribution in [-0.4, -0.2) is 16.9 Å². The molecule has 0 atom stereocenters. The lowest BCUT2D eigenvalue weighted by molar-refractivity contribution is 0.356. The van der Waals surface area contributed by atoms with Gasteiger partial charge < -0.3 is 4.74 Å². The predicted molar refractivity (Wildman–Crippen MR) is 78.5 cm³/mol. The fourth-order valence-electron chi connectivity index (χ4n) is 1.96. The van der Waals surface area contributed by atoms with Crippen molar-refractivity contribution in [2.45, 2.75) is 32.7 Å². The molecule has 0 saturated heterocycles. The number of rotatable bonds is 3. The molecule has 0 aliphatic rings. The van der Waals surface area contributed by atoms with Gasteiger partial charge in [0.05, 0.1) is 30.8 Å². The Kier molecular flexibility index (Phi) is 3.80. The second-order valence-corrected chi connectivity index (χ2v) is 5.68. The van der Waals surface area contributed by atoms with Gasteiger partial charge in [-0.3, -0.25) is 4.68 Å². The van der Waals surface area contributed by atoms with Crippen LogP contribution >= 0.6 is 0 Å². The number of hydrogen-bond acceptors (Lipinski definition) is 3. The lowest BCUT2D eigenvalue weighted by Gasteiger charge is -2.18. The van der Waals surface area contributed by atoms with Crippen molar-refractivity contribution in [3.8, 4) is 23.1 Å². The lowest BCUT2D eigenvalue weighted by atomic mass is 10.1. The Hall–Kier alpha value is -2.28. The number of benzene rings is 1. The molecule has 0 fully saturated rings. The van der Waals surface area contributed by atoms with E-state index in [1.165, 1.54) is 0 Å². The highest BCUT2D eigenvalue weighted by atomic mass is 16.5. The van der Waals surface area contributed by atoms with Gasteiger partial charge in [0.25, 0.3) is 0 Å². The van der Waals surface area contributed by atoms with Crippen LogP contribution in [0.15, 0.2) is 30.5 Å². The summed E-state index contributed by atoms with van der Waals surface area (Å²) in [6.45, 7) is 6.27. The van der Waals surface area contributed by atoms with Crippen LogP contribution in [0.2, 0.25) is 0 Å². The van der Waals surface area contributed by atoms with Crippen molar-refractivity contribution >= 4 is 0 Å². The van der Waals surface area contributed by atoms with E-state index in [0.29, 0.717) is 6.42 Å². The highest BCUT2D eigenvalue weighted by molar-refractivity contribution is 5.64. The number of methoxy groups -OCH3 is 1. The molecule has 0 N–H and O–H groups in total. The van der Waals surface area contributed by atoms with Crippen LogP contribution in [0, 0.1) is 11.3 Å². The minimum absolute atomic E-state index is 0.102. The van der Waals surface area contributed by atoms with E-state index in [0.717, 1.165) is 22.6 Å². The molecule has 0 unspecified atom stereocenters. The number of ether oxygens (including phenoxy) is 1. The first-order valence-electron chi connectivity index (χ1n) is 6.56. The van der Waals surface area contributed by atoms with Gasteiger partial charge in [0.15, 0.2) is 0 Å². The first kappa shape index (κ1) is 14.1. The number of nitriles is 1. The Morgan fingerprint density at radius 3 is 2.40 bits per heavy atom. The first-order valence-corrected chi connectivity index (χ1v) is 6.56. The molecule has 0 amide bonds. The van der Waals surface area contributed by atoms with Crippen molar-refractivity contribution < 1.29 is 4.74 Å². The molecule has 2 rings (SSSR count). The number of nitrogens with zero attached hydrogens (tertiary/aromatic N) is 3. The van der Waals surface area contributed by atoms with E-state index >= 15 is 0 Å². The summed E-state index contributed by atoms with van der Waals surface area (Å²) in [6, 6.07) is 9.95. The number of aromatic nitrogens is 2. The van der Waals surface area contributed by atoms with E-state index in [1.54, 1.807) is 7.11 Å². The fraction of sp³-hybridized carbons (Fsp3) is 0.375. The lowest BCUT2D eigenvalue weighted by Crippen LogP contribution is -2.22. The maximum absolute atomic E-state index is 8.98. The average Bonchev–Trinajstić information content (AvgIpc) is 2.83. The second kappa shape index (κ2) is 5.38. The van der Waals surface area contributed by atoms with Crippen LogP contribution in [0.5, 0.6) is 5.75 Å². The van der Waals surface area contributed by atoms with E-state index in [2.05, 4.69) is 31.9 Å². The molecule has 104 valence electrons. The quantitative estimate of drug-likeness (QED) is 0.858. The molecule has 4 heteroatoms. The van der Waals surface area contributed by atoms with Crippen LogP contribution in [0.25, 0.3) is 11.3 Å². The Morgan fingerprint density at radius 1 is 1.25 bits per heavy atom. The van der Waals surface area contributed by atoms with Crippen molar-refractivity contribution in [1.29, 1.82) is 5.26 Å². The highest BCUT2D eigenvalue weighted by Crippen LogP contribution is 2.27. The zero-order chi connectivity index (χ0) is 14.8. The van der Waals surface area contributed by atoms with Crippen molar-refractivity contribution in [2.24, 2.45) is 0 Å². The van der Waals surface area contributed by atoms with Crippen molar-refractivity contribution in [3.63, 3.8) is 0 Å². The van der Waals surface area contributed by atoms with E-state index < -0.39 is 0 Å². The summed E-state index contributed by atoms with van der Waals surface area (Å²) < 4.78 is 7.08. The van der Waals surface area contributed by atoms with Crippen molar-refractivity contribution in [1.82, 2.24) is 9.78 Å². The van der Waals surface area contributed by atoms with Crippen LogP contribution in [-0.2, 0) is 12.0 Å². The average molecular weight is 269 g/mol. The maximum atomic E-state index is 8.98. The molecule has 20 heavy (non-hydrogen) atoms. The molecule has 0 aliphatic heterocycles. The van der Waals surface area contributed by atoms with Gasteiger partial charge in [-0.05, 0) is 45.0 Å². The first-order chi connectivity index (χ1) is 9.45. The second-order valence-electron chi connectivity index (χ2n) is 5.68. The molecule has 4 nitrogen and oxygen atoms in total. The standard InChI is InChI=1S/C16H19N3O/c1-16(2,3)19-11-13(9-10-17)15(18-19)12-5-7-14(20-4)8-6-12/h5-8,11H,9H2,1-4H3. The molecule has 0 aliphatic carbocycles. The molecule has 1 heterocycles. The summed E-state index contributed by atoms with van der Waals surface area (Å²) in [7, 11) is 1.64. The Balaban J connectivity index is 2.48. The Bertz CT molecular complexity index is 627. The summed E-state index contributed by atoms with van der Waals surface area (Å²) in [5.41, 5.74) is 2.71. The summed E-state index contributed by atoms with van der Waals surface area (Å²) in [5.74, 6) is 0.811. The smallest absolute Gasteiger partial charge is 0.118 e. The fourth-order valence-corrected chi connectivity index (χ4v) is 1.96. The van der Waals surface area contributed by atoms with Crippen LogP contribution in [0.4, 0.5) is 0 Å². The third-order valence-electron chi connectivity index (χ3n) is 3.11. The Labute approximate surface area is 119 Å². The van der Waals surface area contributed by atoms with Gasteiger partial charge >= 0.3 is 0 Å². The molecular weight excluding hydrogens is 250 g/mol. The molecule has 1 aromatic carbocycles. The van der Waals surface area contributed by atoms with Gasteiger partial charge in [-0.15, -0.1) is 0 Å². The minimum atomic E-state index is -0.102. The van der Waals surface area contributed by atoms with Crippen LogP contribution < -0.4 is 4.74 Å². The van der Waals surface area contributed by atoms with E-state index in [1.807, 2.05) is 35.1 Å². The Morgan fingerprint density at radius 2 is 1.90 bits per heavy atom. The van der Waals surface area contributed by atoms with Gasteiger partial charge in [0, 0.05) is 17.3 Å². The molecular formula is C16H19N3O. The van der Waals surface area contributed by atoms with Crippen LogP contribution in [0.1, 0.15) is 26.3 Å². The van der Waals surface area contributed by atoms with Crippen molar-refractivity contribution in [3.05, 3.63) is 36.0 Å². The third-order valence-corrected chi connectivity index (χ3v) is 3.11. The summed E-state index contributed by atoms with van der Waals surface area (Å²) >= 11 is 0. The molecule has 2 aromatic rings. The predicted octanol–water partition coefficient (Wildman–Crippen LogP) is 3.38. The van der Waals surface area contributed by atoms with Gasteiger partial charge in [-0.1, -0.05) is 0 Å². The van der Waals surface area contributed by atoms with Gasteiger partial charge in [0.2, 0.25) is 0 Å². The SMILES string of the molecule is COc1ccc(-c2nn(C(C)(C)C)cc2CC#N)cc1. The third kappa shape index (κ3) is 2.83. The molecule has 0 saturated carbocycles. The summed E-state index contributed by atoms with van der Waals surface area (Å²) in [5, 5.41) is 13.6. The largest absolute Gasteiger partial charge is 0.497 e. The van der Waals surface area contributed by atoms with Gasteiger partial charge in [-0.2, -0.15) is 10.4 Å². The normalized spacial score (nSPS) is 11.2. The van der Waals surface area contributed by atoms with E-state index in [9.17, 15) is 0 Å². The van der Waals surface area contributed by atoms with Crippen molar-refractivity contribution in [2.75, 3.05) is 7.11 Å². The number of hydrogen-bond donors (Lipinski definition) is 0. The molecule has 1 aromatic heterocycles. The monoisotopic (exact) mass is 269 g/mol. The van der Waals surface area contributed by atoms with E-state index in [-0.39, 0.29) is 5.54 Å². The maximum Gasteiger partial charge on any atom is 0.118 e. The minimum Gasteiger partial charge on any atom is -0.497 e. The zero-order valence-electron chi connectivity index (χ0n) is 12.3. The van der Waals surface area contributed by atoms with Gasteiger partial charge in [-0.25, -0.2) is 0 Å².